The van der Waals surface area contributed by atoms with Crippen LogP contribution in [0.2, 0.25) is 0 Å². The van der Waals surface area contributed by atoms with Crippen molar-refractivity contribution in [2.45, 2.75) is 26.1 Å². The summed E-state index contributed by atoms with van der Waals surface area (Å²) in [6, 6.07) is 19.2. The Balaban J connectivity index is 2.24. The second-order valence-corrected chi connectivity index (χ2v) is 6.11. The Morgan fingerprint density at radius 1 is 0.762 bits per heavy atom. The molecule has 0 aliphatic carbocycles. The van der Waals surface area contributed by atoms with Crippen molar-refractivity contribution in [2.75, 3.05) is 0 Å². The molecule has 0 saturated heterocycles. The summed E-state index contributed by atoms with van der Waals surface area (Å²) in [6.07, 6.45) is 0. The highest BCUT2D eigenvalue weighted by Crippen LogP contribution is 2.37. The molecule has 0 heterocycles. The highest BCUT2D eigenvalue weighted by molar-refractivity contribution is 6.24. The molecule has 0 aliphatic rings. The molecule has 0 nitrogen and oxygen atoms in total. The zero-order valence-corrected chi connectivity index (χ0v) is 13.4. The van der Waals surface area contributed by atoms with Crippen molar-refractivity contribution in [3.8, 4) is 0 Å². The van der Waals surface area contributed by atoms with Crippen LogP contribution in [0.3, 0.4) is 0 Å². The van der Waals surface area contributed by atoms with Crippen molar-refractivity contribution in [2.24, 2.45) is 0 Å². The molecule has 0 bridgehead atoms. The molecule has 0 radical (unpaired) electrons. The normalized spacial score (nSPS) is 12.6. The van der Waals surface area contributed by atoms with Crippen LogP contribution >= 0.6 is 11.6 Å². The summed E-state index contributed by atoms with van der Waals surface area (Å²) in [7, 11) is 0. The first-order valence-electron chi connectivity index (χ1n) is 7.28. The van der Waals surface area contributed by atoms with Gasteiger partial charge in [-0.05, 0) is 59.4 Å². The fraction of sp³-hybridized carbons (Fsp3) is 0.200. The number of aryl methyl sites for hydroxylation is 2. The maximum Gasteiger partial charge on any atom is 0.0846 e. The summed E-state index contributed by atoms with van der Waals surface area (Å²) in [5.41, 5.74) is 6.25. The van der Waals surface area contributed by atoms with Gasteiger partial charge in [0.25, 0.3) is 0 Å². The van der Waals surface area contributed by atoms with Crippen LogP contribution in [-0.4, -0.2) is 0 Å². The molecule has 0 spiro atoms. The second-order valence-electron chi connectivity index (χ2n) is 5.67. The number of hydrogen-bond donors (Lipinski definition) is 0. The van der Waals surface area contributed by atoms with E-state index in [0.717, 1.165) is 0 Å². The lowest BCUT2D eigenvalue weighted by molar-refractivity contribution is 1.09. The number of rotatable bonds is 2. The van der Waals surface area contributed by atoms with Crippen LogP contribution in [-0.2, 0) is 0 Å². The summed E-state index contributed by atoms with van der Waals surface area (Å²) in [5, 5.41) is 2.38. The van der Waals surface area contributed by atoms with Crippen LogP contribution in [0.15, 0.2) is 54.6 Å². The molecule has 106 valence electrons. The zero-order valence-electron chi connectivity index (χ0n) is 12.7. The Kier molecular flexibility index (Phi) is 3.73. The van der Waals surface area contributed by atoms with Gasteiger partial charge >= 0.3 is 0 Å². The van der Waals surface area contributed by atoms with Crippen molar-refractivity contribution in [1.82, 2.24) is 0 Å². The monoisotopic (exact) mass is 294 g/mol. The molecule has 21 heavy (non-hydrogen) atoms. The van der Waals surface area contributed by atoms with Crippen molar-refractivity contribution in [3.05, 3.63) is 82.4 Å². The summed E-state index contributed by atoms with van der Waals surface area (Å²) < 4.78 is 0. The Hall–Kier alpha value is -1.79. The molecule has 1 atom stereocenters. The molecule has 0 aliphatic heterocycles. The average molecular weight is 295 g/mol. The quantitative estimate of drug-likeness (QED) is 0.501. The first-order chi connectivity index (χ1) is 10.1. The summed E-state index contributed by atoms with van der Waals surface area (Å²) in [6.45, 7) is 6.43. The summed E-state index contributed by atoms with van der Waals surface area (Å²) in [5.74, 6) is 0. The van der Waals surface area contributed by atoms with Crippen LogP contribution in [0, 0.1) is 20.8 Å². The van der Waals surface area contributed by atoms with Crippen molar-refractivity contribution < 1.29 is 0 Å². The molecule has 1 unspecified atom stereocenters. The van der Waals surface area contributed by atoms with E-state index in [1.165, 1.54) is 38.6 Å². The fourth-order valence-corrected chi connectivity index (χ4v) is 3.47. The minimum atomic E-state index is -0.115. The summed E-state index contributed by atoms with van der Waals surface area (Å²) >= 11 is 6.89. The van der Waals surface area contributed by atoms with Gasteiger partial charge in [0.2, 0.25) is 0 Å². The first kappa shape index (κ1) is 14.2. The van der Waals surface area contributed by atoms with E-state index in [0.29, 0.717) is 0 Å². The van der Waals surface area contributed by atoms with Gasteiger partial charge in [0.1, 0.15) is 0 Å². The molecule has 0 N–H and O–H groups in total. The summed E-state index contributed by atoms with van der Waals surface area (Å²) in [4.78, 5) is 0. The molecule has 3 aromatic carbocycles. The second kappa shape index (κ2) is 5.54. The molecule has 0 saturated carbocycles. The molecule has 1 heteroatoms. The standard InChI is InChI=1S/C20H19Cl/c1-13-7-6-10-17(15(13)3)20(21)19-14(2)11-12-16-8-4-5-9-18(16)19/h4-12,20H,1-3H3. The van der Waals surface area contributed by atoms with E-state index in [4.69, 9.17) is 11.6 Å². The number of hydrogen-bond acceptors (Lipinski definition) is 0. The number of halogens is 1. The van der Waals surface area contributed by atoms with Gasteiger partial charge in [-0.2, -0.15) is 0 Å². The number of alkyl halides is 1. The van der Waals surface area contributed by atoms with Crippen LogP contribution in [0.4, 0.5) is 0 Å². The third kappa shape index (κ3) is 2.45. The zero-order chi connectivity index (χ0) is 15.0. The molecule has 3 aromatic rings. The molecule has 0 aromatic heterocycles. The highest BCUT2D eigenvalue weighted by Gasteiger charge is 2.18. The van der Waals surface area contributed by atoms with E-state index >= 15 is 0 Å². The Morgan fingerprint density at radius 2 is 1.52 bits per heavy atom. The van der Waals surface area contributed by atoms with Gasteiger partial charge in [-0.1, -0.05) is 54.6 Å². The topological polar surface area (TPSA) is 0 Å². The third-order valence-electron chi connectivity index (χ3n) is 4.36. The fourth-order valence-electron chi connectivity index (χ4n) is 2.94. The molecule has 0 amide bonds. The van der Waals surface area contributed by atoms with Crippen LogP contribution in [0.25, 0.3) is 10.8 Å². The van der Waals surface area contributed by atoms with Gasteiger partial charge in [0.15, 0.2) is 0 Å². The lowest BCUT2D eigenvalue weighted by Crippen LogP contribution is -2.01. The van der Waals surface area contributed by atoms with Crippen LogP contribution in [0.5, 0.6) is 0 Å². The lowest BCUT2D eigenvalue weighted by atomic mass is 9.91. The molecular weight excluding hydrogens is 276 g/mol. The van der Waals surface area contributed by atoms with Gasteiger partial charge in [0, 0.05) is 0 Å². The van der Waals surface area contributed by atoms with Gasteiger partial charge in [-0.25, -0.2) is 0 Å². The van der Waals surface area contributed by atoms with Crippen molar-refractivity contribution in [1.29, 1.82) is 0 Å². The van der Waals surface area contributed by atoms with Gasteiger partial charge in [-0.15, -0.1) is 11.6 Å². The van der Waals surface area contributed by atoms with E-state index in [1.54, 1.807) is 0 Å². The Labute approximate surface area is 131 Å². The highest BCUT2D eigenvalue weighted by atomic mass is 35.5. The SMILES string of the molecule is Cc1cccc(C(Cl)c2c(C)ccc3ccccc23)c1C. The maximum atomic E-state index is 6.89. The minimum Gasteiger partial charge on any atom is -0.113 e. The molecular formula is C20H19Cl. The Bertz CT molecular complexity index is 802. The average Bonchev–Trinajstić information content (AvgIpc) is 2.49. The lowest BCUT2D eigenvalue weighted by Gasteiger charge is -2.19. The van der Waals surface area contributed by atoms with E-state index in [1.807, 2.05) is 0 Å². The van der Waals surface area contributed by atoms with Crippen molar-refractivity contribution in [3.63, 3.8) is 0 Å². The van der Waals surface area contributed by atoms with Crippen LogP contribution in [0.1, 0.15) is 33.2 Å². The smallest absolute Gasteiger partial charge is 0.0846 e. The first-order valence-corrected chi connectivity index (χ1v) is 7.71. The van der Waals surface area contributed by atoms with Crippen LogP contribution < -0.4 is 0 Å². The third-order valence-corrected chi connectivity index (χ3v) is 4.82. The van der Waals surface area contributed by atoms with E-state index in [2.05, 4.69) is 75.4 Å². The van der Waals surface area contributed by atoms with Gasteiger partial charge in [-0.3, -0.25) is 0 Å². The Morgan fingerprint density at radius 3 is 2.33 bits per heavy atom. The molecule has 3 rings (SSSR count). The van der Waals surface area contributed by atoms with Gasteiger partial charge < -0.3 is 0 Å². The predicted octanol–water partition coefficient (Wildman–Crippen LogP) is 6.09. The van der Waals surface area contributed by atoms with Gasteiger partial charge in [0.05, 0.1) is 5.38 Å². The number of benzene rings is 3. The van der Waals surface area contributed by atoms with E-state index in [-0.39, 0.29) is 5.38 Å². The molecule has 0 fully saturated rings. The van der Waals surface area contributed by atoms with Crippen molar-refractivity contribution >= 4 is 22.4 Å². The van der Waals surface area contributed by atoms with E-state index < -0.39 is 0 Å². The van der Waals surface area contributed by atoms with E-state index in [9.17, 15) is 0 Å². The predicted molar refractivity (Wildman–Crippen MR) is 92.3 cm³/mol. The largest absolute Gasteiger partial charge is 0.113 e. The minimum absolute atomic E-state index is 0.115. The number of fused-ring (bicyclic) bond motifs is 1. The maximum absolute atomic E-state index is 6.89.